The monoisotopic (exact) mass is 191 g/mol. The van der Waals surface area contributed by atoms with E-state index in [2.05, 4.69) is 4.98 Å². The molecule has 0 aliphatic rings. The number of nitrogens with one attached hydrogen (secondary N) is 1. The van der Waals surface area contributed by atoms with Crippen LogP contribution >= 0.6 is 0 Å². The number of H-pyrrole nitrogens is 1. The third kappa shape index (κ3) is 1.83. The highest BCUT2D eigenvalue weighted by Gasteiger charge is 2.16. The van der Waals surface area contributed by atoms with Crippen LogP contribution in [0.1, 0.15) is 17.8 Å². The summed E-state index contributed by atoms with van der Waals surface area (Å²) in [7, 11) is 0. The van der Waals surface area contributed by atoms with Gasteiger partial charge in [0.25, 0.3) is 6.43 Å². The van der Waals surface area contributed by atoms with Crippen LogP contribution in [0.15, 0.2) is 10.9 Å². The molecule has 13 heavy (non-hydrogen) atoms. The molecule has 0 aliphatic heterocycles. The number of aromatic nitrogens is 1. The van der Waals surface area contributed by atoms with Crippen LogP contribution < -0.4 is 5.43 Å². The lowest BCUT2D eigenvalue weighted by molar-refractivity contribution is 0.140. The number of aliphatic hydroxyl groups excluding tert-OH is 1. The summed E-state index contributed by atoms with van der Waals surface area (Å²) >= 11 is 0. The van der Waals surface area contributed by atoms with Gasteiger partial charge in [0.2, 0.25) is 5.43 Å². The van der Waals surface area contributed by atoms with Crippen molar-refractivity contribution in [3.8, 4) is 5.75 Å². The van der Waals surface area contributed by atoms with Gasteiger partial charge in [0.05, 0.1) is 6.61 Å². The Kier molecular flexibility index (Phi) is 2.62. The number of pyridine rings is 1. The van der Waals surface area contributed by atoms with Crippen LogP contribution in [0.3, 0.4) is 0 Å². The molecule has 1 aromatic heterocycles. The molecule has 0 aliphatic carbocycles. The first-order chi connectivity index (χ1) is 6.06. The Morgan fingerprint density at radius 1 is 1.54 bits per heavy atom. The first kappa shape index (κ1) is 9.66. The van der Waals surface area contributed by atoms with Gasteiger partial charge in [0.15, 0.2) is 5.75 Å². The van der Waals surface area contributed by atoms with E-state index in [9.17, 15) is 13.6 Å². The van der Waals surface area contributed by atoms with E-state index < -0.39 is 29.9 Å². The molecule has 0 bridgehead atoms. The van der Waals surface area contributed by atoms with Crippen molar-refractivity contribution in [3.63, 3.8) is 0 Å². The fraction of sp³-hybridized carbons (Fsp3) is 0.286. The quantitative estimate of drug-likeness (QED) is 0.637. The van der Waals surface area contributed by atoms with Gasteiger partial charge < -0.3 is 15.2 Å². The third-order valence-corrected chi connectivity index (χ3v) is 1.48. The van der Waals surface area contributed by atoms with Gasteiger partial charge in [-0.2, -0.15) is 0 Å². The molecule has 0 unspecified atom stereocenters. The van der Waals surface area contributed by atoms with Crippen LogP contribution in [0, 0.1) is 0 Å². The van der Waals surface area contributed by atoms with Crippen LogP contribution in [0.25, 0.3) is 0 Å². The molecular formula is C7H7F2NO3. The number of aliphatic hydroxyl groups is 1. The van der Waals surface area contributed by atoms with Gasteiger partial charge in [-0.05, 0) is 0 Å². The molecule has 4 nitrogen and oxygen atoms in total. The summed E-state index contributed by atoms with van der Waals surface area (Å²) in [5.74, 6) is -1.01. The summed E-state index contributed by atoms with van der Waals surface area (Å²) < 4.78 is 24.2. The third-order valence-electron chi connectivity index (χ3n) is 1.48. The molecule has 0 saturated heterocycles. The Morgan fingerprint density at radius 3 is 2.62 bits per heavy atom. The Hall–Kier alpha value is -1.43. The molecule has 1 heterocycles. The highest BCUT2D eigenvalue weighted by atomic mass is 19.3. The van der Waals surface area contributed by atoms with E-state index in [-0.39, 0.29) is 5.69 Å². The van der Waals surface area contributed by atoms with Crippen molar-refractivity contribution < 1.29 is 19.0 Å². The fourth-order valence-corrected chi connectivity index (χ4v) is 0.871. The smallest absolute Gasteiger partial charge is 0.282 e. The van der Waals surface area contributed by atoms with Crippen molar-refractivity contribution in [2.24, 2.45) is 0 Å². The molecule has 0 spiro atoms. The molecule has 1 aromatic rings. The summed E-state index contributed by atoms with van der Waals surface area (Å²) in [6, 6.07) is 0.862. The van der Waals surface area contributed by atoms with Gasteiger partial charge in [0.1, 0.15) is 5.69 Å². The molecule has 0 fully saturated rings. The zero-order valence-electron chi connectivity index (χ0n) is 6.42. The number of hydrogen-bond acceptors (Lipinski definition) is 3. The molecule has 0 aromatic carbocycles. The minimum absolute atomic E-state index is 0.0573. The van der Waals surface area contributed by atoms with Crippen LogP contribution in [-0.2, 0) is 6.61 Å². The summed E-state index contributed by atoms with van der Waals surface area (Å²) in [5.41, 5.74) is -1.85. The van der Waals surface area contributed by atoms with Gasteiger partial charge in [-0.3, -0.25) is 4.79 Å². The van der Waals surface area contributed by atoms with Crippen LogP contribution in [0.5, 0.6) is 5.75 Å². The molecule has 0 amide bonds. The Labute approximate surface area is 71.5 Å². The van der Waals surface area contributed by atoms with E-state index >= 15 is 0 Å². The number of alkyl halides is 2. The molecular weight excluding hydrogens is 184 g/mol. The molecule has 72 valence electrons. The zero-order valence-corrected chi connectivity index (χ0v) is 6.42. The Balaban J connectivity index is 3.33. The minimum atomic E-state index is -2.97. The average Bonchev–Trinajstić information content (AvgIpc) is 2.09. The van der Waals surface area contributed by atoms with Gasteiger partial charge in [-0.25, -0.2) is 8.78 Å². The van der Waals surface area contributed by atoms with E-state index in [1.165, 1.54) is 0 Å². The normalized spacial score (nSPS) is 10.8. The second-order valence-corrected chi connectivity index (χ2v) is 2.38. The molecule has 0 radical (unpaired) electrons. The maximum Gasteiger partial charge on any atom is 0.282 e. The molecule has 3 N–H and O–H groups in total. The Bertz CT molecular complexity index is 361. The lowest BCUT2D eigenvalue weighted by Crippen LogP contribution is -2.08. The molecule has 1 rings (SSSR count). The van der Waals surface area contributed by atoms with Crippen molar-refractivity contribution >= 4 is 0 Å². The SMILES string of the molecule is O=c1cc(CO)[nH]c(C(F)F)c1O. The second kappa shape index (κ2) is 3.53. The van der Waals surface area contributed by atoms with Gasteiger partial charge in [-0.1, -0.05) is 0 Å². The lowest BCUT2D eigenvalue weighted by atomic mass is 10.3. The van der Waals surface area contributed by atoms with E-state index in [1.54, 1.807) is 0 Å². The molecule has 0 atom stereocenters. The van der Waals surface area contributed by atoms with E-state index in [4.69, 9.17) is 10.2 Å². The van der Waals surface area contributed by atoms with Crippen LogP contribution in [0.2, 0.25) is 0 Å². The van der Waals surface area contributed by atoms with Crippen LogP contribution in [0.4, 0.5) is 8.78 Å². The first-order valence-electron chi connectivity index (χ1n) is 3.40. The van der Waals surface area contributed by atoms with Crippen molar-refractivity contribution in [2.75, 3.05) is 0 Å². The number of aromatic hydroxyl groups is 1. The maximum atomic E-state index is 12.1. The molecule has 0 saturated carbocycles. The largest absolute Gasteiger partial charge is 0.503 e. The van der Waals surface area contributed by atoms with Gasteiger partial charge >= 0.3 is 0 Å². The topological polar surface area (TPSA) is 73.3 Å². The predicted octanol–water partition coefficient (Wildman–Crippen LogP) is 0.510. The van der Waals surface area contributed by atoms with E-state index in [0.717, 1.165) is 6.07 Å². The first-order valence-corrected chi connectivity index (χ1v) is 3.40. The summed E-state index contributed by atoms with van der Waals surface area (Å²) in [5, 5.41) is 17.4. The lowest BCUT2D eigenvalue weighted by Gasteiger charge is -2.04. The predicted molar refractivity (Wildman–Crippen MR) is 39.6 cm³/mol. The summed E-state index contributed by atoms with van der Waals surface area (Å²) in [6.07, 6.45) is -2.97. The van der Waals surface area contributed by atoms with Gasteiger partial charge in [0, 0.05) is 11.8 Å². The number of hydrogen-bond donors (Lipinski definition) is 3. The highest BCUT2D eigenvalue weighted by Crippen LogP contribution is 2.22. The standard InChI is InChI=1S/C7H7F2NO3/c8-7(9)5-6(13)4(12)1-3(2-11)10-5/h1,7,11,13H,2H2,(H,10,12). The average molecular weight is 191 g/mol. The van der Waals surface area contributed by atoms with Crippen molar-refractivity contribution in [3.05, 3.63) is 27.7 Å². The number of rotatable bonds is 2. The maximum absolute atomic E-state index is 12.1. The highest BCUT2D eigenvalue weighted by molar-refractivity contribution is 5.28. The number of halogens is 2. The van der Waals surface area contributed by atoms with Crippen LogP contribution in [-0.4, -0.2) is 15.2 Å². The zero-order chi connectivity index (χ0) is 10.0. The minimum Gasteiger partial charge on any atom is -0.503 e. The van der Waals surface area contributed by atoms with Gasteiger partial charge in [-0.15, -0.1) is 0 Å². The summed E-state index contributed by atoms with van der Waals surface area (Å²) in [6.45, 7) is -0.560. The van der Waals surface area contributed by atoms with Crippen molar-refractivity contribution in [1.82, 2.24) is 4.98 Å². The van der Waals surface area contributed by atoms with E-state index in [1.807, 2.05) is 0 Å². The number of aromatic amines is 1. The second-order valence-electron chi connectivity index (χ2n) is 2.38. The van der Waals surface area contributed by atoms with Crippen molar-refractivity contribution in [1.29, 1.82) is 0 Å². The Morgan fingerprint density at radius 2 is 2.15 bits per heavy atom. The fourth-order valence-electron chi connectivity index (χ4n) is 0.871. The molecule has 6 heteroatoms. The van der Waals surface area contributed by atoms with E-state index in [0.29, 0.717) is 0 Å². The van der Waals surface area contributed by atoms with Crippen molar-refractivity contribution in [2.45, 2.75) is 13.0 Å². The summed E-state index contributed by atoms with van der Waals surface area (Å²) in [4.78, 5) is 12.9.